The zero-order valence-electron chi connectivity index (χ0n) is 10.1. The number of unbranched alkanes of at least 4 members (excludes halogenated alkanes) is 1. The maximum atomic E-state index is 13.5. The van der Waals surface area contributed by atoms with Gasteiger partial charge in [-0.05, 0) is 31.0 Å². The van der Waals surface area contributed by atoms with E-state index >= 15 is 0 Å². The van der Waals surface area contributed by atoms with Crippen LogP contribution in [0.5, 0.6) is 0 Å². The number of carbonyl (C=O) groups excluding carboxylic acids is 1. The van der Waals surface area contributed by atoms with Crippen molar-refractivity contribution in [2.45, 2.75) is 26.7 Å². The molecule has 0 radical (unpaired) electrons. The molecule has 0 aromatic heterocycles. The molecule has 0 aliphatic heterocycles. The van der Waals surface area contributed by atoms with Crippen molar-refractivity contribution < 1.29 is 9.18 Å². The second kappa shape index (κ2) is 5.64. The molecule has 0 N–H and O–H groups in total. The van der Waals surface area contributed by atoms with Crippen molar-refractivity contribution in [2.75, 3.05) is 13.6 Å². The molecule has 0 saturated carbocycles. The topological polar surface area (TPSA) is 20.3 Å². The van der Waals surface area contributed by atoms with Gasteiger partial charge in [0.2, 0.25) is 0 Å². The van der Waals surface area contributed by atoms with Crippen LogP contribution < -0.4 is 0 Å². The zero-order chi connectivity index (χ0) is 12.1. The molecular formula is C13H18FNO. The van der Waals surface area contributed by atoms with Crippen LogP contribution in [0.4, 0.5) is 4.39 Å². The molecule has 2 nitrogen and oxygen atoms in total. The highest BCUT2D eigenvalue weighted by atomic mass is 19.1. The normalized spacial score (nSPS) is 10.2. The molecule has 0 unspecified atom stereocenters. The predicted octanol–water partition coefficient (Wildman–Crippen LogP) is 3.01. The van der Waals surface area contributed by atoms with E-state index in [1.54, 1.807) is 31.0 Å². The Morgan fingerprint density at radius 3 is 2.69 bits per heavy atom. The fourth-order valence-corrected chi connectivity index (χ4v) is 1.50. The van der Waals surface area contributed by atoms with Gasteiger partial charge in [-0.25, -0.2) is 4.39 Å². The minimum atomic E-state index is -0.437. The Morgan fingerprint density at radius 1 is 1.44 bits per heavy atom. The van der Waals surface area contributed by atoms with Crippen LogP contribution in [0.15, 0.2) is 18.2 Å². The molecule has 1 aromatic rings. The average Bonchev–Trinajstić information content (AvgIpc) is 2.25. The number of nitrogens with zero attached hydrogens (tertiary/aromatic N) is 1. The molecule has 1 rings (SSSR count). The van der Waals surface area contributed by atoms with Gasteiger partial charge in [0.25, 0.3) is 5.91 Å². The summed E-state index contributed by atoms with van der Waals surface area (Å²) in [6.07, 6.45) is 1.96. The molecule has 3 heteroatoms. The first kappa shape index (κ1) is 12.7. The van der Waals surface area contributed by atoms with Gasteiger partial charge in [-0.2, -0.15) is 0 Å². The molecule has 0 heterocycles. The van der Waals surface area contributed by atoms with Gasteiger partial charge in [-0.3, -0.25) is 4.79 Å². The fraction of sp³-hybridized carbons (Fsp3) is 0.462. The van der Waals surface area contributed by atoms with Gasteiger partial charge < -0.3 is 4.90 Å². The van der Waals surface area contributed by atoms with E-state index in [4.69, 9.17) is 0 Å². The minimum Gasteiger partial charge on any atom is -0.342 e. The van der Waals surface area contributed by atoms with Gasteiger partial charge in [0.05, 0.1) is 5.56 Å². The summed E-state index contributed by atoms with van der Waals surface area (Å²) >= 11 is 0. The lowest BCUT2D eigenvalue weighted by Crippen LogP contribution is -2.28. The van der Waals surface area contributed by atoms with Gasteiger partial charge in [0.1, 0.15) is 5.82 Å². The lowest BCUT2D eigenvalue weighted by Gasteiger charge is -2.17. The van der Waals surface area contributed by atoms with Crippen molar-refractivity contribution in [1.82, 2.24) is 4.90 Å². The monoisotopic (exact) mass is 223 g/mol. The highest BCUT2D eigenvalue weighted by molar-refractivity contribution is 5.94. The average molecular weight is 223 g/mol. The van der Waals surface area contributed by atoms with Gasteiger partial charge in [-0.15, -0.1) is 0 Å². The third-order valence-electron chi connectivity index (χ3n) is 2.55. The molecule has 0 saturated heterocycles. The third kappa shape index (κ3) is 3.05. The van der Waals surface area contributed by atoms with E-state index in [0.717, 1.165) is 18.4 Å². The molecule has 16 heavy (non-hydrogen) atoms. The highest BCUT2D eigenvalue weighted by Gasteiger charge is 2.15. The first-order valence-corrected chi connectivity index (χ1v) is 5.58. The Balaban J connectivity index is 2.79. The van der Waals surface area contributed by atoms with Gasteiger partial charge >= 0.3 is 0 Å². The number of halogens is 1. The SMILES string of the molecule is CCCCN(C)C(=O)c1ccc(C)cc1F. The molecule has 1 aromatic carbocycles. The number of rotatable bonds is 4. The predicted molar refractivity (Wildman–Crippen MR) is 63.0 cm³/mol. The molecule has 0 fully saturated rings. The molecule has 0 aliphatic rings. The number of benzene rings is 1. The van der Waals surface area contributed by atoms with E-state index in [9.17, 15) is 9.18 Å². The number of hydrogen-bond acceptors (Lipinski definition) is 1. The largest absolute Gasteiger partial charge is 0.342 e. The number of aryl methyl sites for hydroxylation is 1. The number of hydrogen-bond donors (Lipinski definition) is 0. The first-order chi connectivity index (χ1) is 7.56. The summed E-state index contributed by atoms with van der Waals surface area (Å²) in [4.78, 5) is 13.4. The van der Waals surface area contributed by atoms with Crippen LogP contribution in [-0.4, -0.2) is 24.4 Å². The van der Waals surface area contributed by atoms with Crippen molar-refractivity contribution in [3.63, 3.8) is 0 Å². The summed E-state index contributed by atoms with van der Waals surface area (Å²) in [5.74, 6) is -0.681. The summed E-state index contributed by atoms with van der Waals surface area (Å²) in [6, 6.07) is 4.69. The Morgan fingerprint density at radius 2 is 2.12 bits per heavy atom. The summed E-state index contributed by atoms with van der Waals surface area (Å²) in [7, 11) is 1.71. The maximum Gasteiger partial charge on any atom is 0.256 e. The lowest BCUT2D eigenvalue weighted by atomic mass is 10.1. The molecule has 0 aliphatic carbocycles. The molecule has 88 valence electrons. The Labute approximate surface area is 96.1 Å². The quantitative estimate of drug-likeness (QED) is 0.768. The van der Waals surface area contributed by atoms with E-state index in [0.29, 0.717) is 6.54 Å². The summed E-state index contributed by atoms with van der Waals surface area (Å²) in [5.41, 5.74) is 0.981. The van der Waals surface area contributed by atoms with Crippen LogP contribution >= 0.6 is 0 Å². The fourth-order valence-electron chi connectivity index (χ4n) is 1.50. The van der Waals surface area contributed by atoms with Crippen molar-refractivity contribution >= 4 is 5.91 Å². The Kier molecular flexibility index (Phi) is 4.47. The van der Waals surface area contributed by atoms with Crippen molar-refractivity contribution in [3.05, 3.63) is 35.1 Å². The van der Waals surface area contributed by atoms with E-state index < -0.39 is 5.82 Å². The summed E-state index contributed by atoms with van der Waals surface area (Å²) < 4.78 is 13.5. The second-order valence-electron chi connectivity index (χ2n) is 4.06. The molecule has 0 atom stereocenters. The van der Waals surface area contributed by atoms with Gasteiger partial charge in [-0.1, -0.05) is 19.4 Å². The first-order valence-electron chi connectivity index (χ1n) is 5.58. The third-order valence-corrected chi connectivity index (χ3v) is 2.55. The molecular weight excluding hydrogens is 205 g/mol. The van der Waals surface area contributed by atoms with Crippen LogP contribution in [-0.2, 0) is 0 Å². The van der Waals surface area contributed by atoms with Gasteiger partial charge in [0, 0.05) is 13.6 Å². The smallest absolute Gasteiger partial charge is 0.256 e. The molecule has 0 spiro atoms. The van der Waals surface area contributed by atoms with E-state index in [2.05, 4.69) is 6.92 Å². The lowest BCUT2D eigenvalue weighted by molar-refractivity contribution is 0.0788. The van der Waals surface area contributed by atoms with Crippen molar-refractivity contribution in [1.29, 1.82) is 0 Å². The van der Waals surface area contributed by atoms with Crippen LogP contribution in [0, 0.1) is 12.7 Å². The zero-order valence-corrected chi connectivity index (χ0v) is 10.1. The van der Waals surface area contributed by atoms with Crippen LogP contribution in [0.1, 0.15) is 35.7 Å². The van der Waals surface area contributed by atoms with Gasteiger partial charge in [0.15, 0.2) is 0 Å². The number of amides is 1. The molecule has 1 amide bonds. The molecule has 0 bridgehead atoms. The standard InChI is InChI=1S/C13H18FNO/c1-4-5-8-15(3)13(16)11-7-6-10(2)9-12(11)14/h6-7,9H,4-5,8H2,1-3H3. The highest BCUT2D eigenvalue weighted by Crippen LogP contribution is 2.12. The van der Waals surface area contributed by atoms with Crippen LogP contribution in [0.25, 0.3) is 0 Å². The maximum absolute atomic E-state index is 13.5. The Bertz CT molecular complexity index is 376. The van der Waals surface area contributed by atoms with Crippen molar-refractivity contribution in [2.24, 2.45) is 0 Å². The Hall–Kier alpha value is -1.38. The van der Waals surface area contributed by atoms with Crippen LogP contribution in [0.2, 0.25) is 0 Å². The van der Waals surface area contributed by atoms with E-state index in [1.807, 2.05) is 0 Å². The van der Waals surface area contributed by atoms with Crippen LogP contribution in [0.3, 0.4) is 0 Å². The van der Waals surface area contributed by atoms with E-state index in [1.165, 1.54) is 6.07 Å². The number of carbonyl (C=O) groups is 1. The van der Waals surface area contributed by atoms with Crippen molar-refractivity contribution in [3.8, 4) is 0 Å². The second-order valence-corrected chi connectivity index (χ2v) is 4.06. The summed E-state index contributed by atoms with van der Waals surface area (Å²) in [5, 5.41) is 0. The van der Waals surface area contributed by atoms with E-state index in [-0.39, 0.29) is 11.5 Å². The summed E-state index contributed by atoms with van der Waals surface area (Å²) in [6.45, 7) is 4.53. The minimum absolute atomic E-state index is 0.157.